The van der Waals surface area contributed by atoms with Crippen molar-refractivity contribution in [1.82, 2.24) is 29.7 Å². The zero-order valence-electron chi connectivity index (χ0n) is 32.2. The molecule has 3 amide bonds. The van der Waals surface area contributed by atoms with E-state index < -0.39 is 23.7 Å². The Labute approximate surface area is 329 Å². The molecule has 6 rings (SSSR count). The molecule has 0 saturated carbocycles. The van der Waals surface area contributed by atoms with Gasteiger partial charge in [0.25, 0.3) is 0 Å². The average molecular weight is 782 g/mol. The summed E-state index contributed by atoms with van der Waals surface area (Å²) in [6.07, 6.45) is -1.50. The number of aromatic nitrogens is 3. The number of likely N-dealkylation sites (N-methyl/N-ethyl adjacent to an activating group) is 1. The van der Waals surface area contributed by atoms with Gasteiger partial charge in [0, 0.05) is 78.5 Å². The molecule has 1 atom stereocenters. The third kappa shape index (κ3) is 10.6. The van der Waals surface area contributed by atoms with Crippen molar-refractivity contribution < 1.29 is 32.3 Å². The standard InChI is InChI=1S/C43H46F3N7O4/c1-31(54)51-21-23-52(24-22-51)37-17-11-34(12-18-37)29-53(41(55)20-14-32-9-15-36(16-10-32)43(44,45)46)40(28-33-7-5-4-6-8-33)42(56)49(2)25-26-57-30-35-13-19-39-38(27-35)47-48-50(39)3/h4-20,27,40H,21-26,28-30H2,1-3H3. The SMILES string of the molecule is CC(=O)N1CCN(c2ccc(CN(C(=O)C=Cc3ccc(C(F)(F)F)cc3)C(Cc3ccccc3)C(=O)N(C)CCOCc3ccc4c(c3)nnn4C)cc2)CC1. The Bertz CT molecular complexity index is 2170. The largest absolute Gasteiger partial charge is 0.416 e. The van der Waals surface area contributed by atoms with Crippen molar-refractivity contribution in [3.63, 3.8) is 0 Å². The van der Waals surface area contributed by atoms with E-state index in [1.54, 1.807) is 23.6 Å². The van der Waals surface area contributed by atoms with Crippen LogP contribution in [0.3, 0.4) is 0 Å². The van der Waals surface area contributed by atoms with E-state index in [2.05, 4.69) is 15.2 Å². The van der Waals surface area contributed by atoms with Crippen LogP contribution >= 0.6 is 0 Å². The van der Waals surface area contributed by atoms with Gasteiger partial charge >= 0.3 is 6.18 Å². The maximum absolute atomic E-state index is 14.4. The summed E-state index contributed by atoms with van der Waals surface area (Å²) in [5, 5.41) is 8.20. The van der Waals surface area contributed by atoms with Crippen molar-refractivity contribution in [2.75, 3.05) is 51.3 Å². The van der Waals surface area contributed by atoms with Crippen LogP contribution in [0, 0.1) is 0 Å². The number of hydrogen-bond acceptors (Lipinski definition) is 7. The van der Waals surface area contributed by atoms with Gasteiger partial charge in [0.1, 0.15) is 11.6 Å². The van der Waals surface area contributed by atoms with Gasteiger partial charge in [-0.1, -0.05) is 65.9 Å². The van der Waals surface area contributed by atoms with E-state index in [1.165, 1.54) is 29.2 Å². The highest BCUT2D eigenvalue weighted by Gasteiger charge is 2.32. The van der Waals surface area contributed by atoms with Crippen molar-refractivity contribution in [2.45, 2.75) is 38.7 Å². The minimum absolute atomic E-state index is 0.0524. The van der Waals surface area contributed by atoms with E-state index in [0.29, 0.717) is 38.3 Å². The number of hydrogen-bond donors (Lipinski definition) is 0. The molecule has 1 aliphatic heterocycles. The molecule has 2 heterocycles. The van der Waals surface area contributed by atoms with Gasteiger partial charge in [-0.05, 0) is 64.7 Å². The number of rotatable bonds is 14. The van der Waals surface area contributed by atoms with Crippen molar-refractivity contribution in [3.8, 4) is 0 Å². The van der Waals surface area contributed by atoms with E-state index >= 15 is 0 Å². The Morgan fingerprint density at radius 2 is 1.56 bits per heavy atom. The van der Waals surface area contributed by atoms with E-state index in [0.717, 1.165) is 45.5 Å². The van der Waals surface area contributed by atoms with Gasteiger partial charge in [0.05, 0.1) is 24.3 Å². The first kappa shape index (κ1) is 40.6. The van der Waals surface area contributed by atoms with Crippen LogP contribution in [0.5, 0.6) is 0 Å². The molecule has 1 aliphatic rings. The number of piperazine rings is 1. The highest BCUT2D eigenvalue weighted by molar-refractivity contribution is 5.95. The summed E-state index contributed by atoms with van der Waals surface area (Å²) in [5.74, 6) is -0.714. The minimum atomic E-state index is -4.49. The molecule has 0 aliphatic carbocycles. The molecule has 1 saturated heterocycles. The molecular formula is C43H46F3N7O4. The minimum Gasteiger partial charge on any atom is -0.375 e. The first-order valence-electron chi connectivity index (χ1n) is 18.8. The lowest BCUT2D eigenvalue weighted by atomic mass is 10.0. The second-order valence-electron chi connectivity index (χ2n) is 14.1. The highest BCUT2D eigenvalue weighted by Crippen LogP contribution is 2.29. The van der Waals surface area contributed by atoms with Crippen LogP contribution in [-0.4, -0.2) is 99.8 Å². The summed E-state index contributed by atoms with van der Waals surface area (Å²) in [5.41, 5.74) is 4.82. The predicted molar refractivity (Wildman–Crippen MR) is 212 cm³/mol. The second-order valence-corrected chi connectivity index (χ2v) is 14.1. The van der Waals surface area contributed by atoms with Crippen molar-refractivity contribution in [1.29, 1.82) is 0 Å². The normalized spacial score (nSPS) is 13.9. The topological polar surface area (TPSA) is 104 Å². The number of halogens is 3. The first-order valence-corrected chi connectivity index (χ1v) is 18.8. The van der Waals surface area contributed by atoms with Gasteiger partial charge in [-0.3, -0.25) is 14.4 Å². The lowest BCUT2D eigenvalue weighted by Crippen LogP contribution is -2.51. The quantitative estimate of drug-likeness (QED) is 0.101. The number of anilines is 1. The summed E-state index contributed by atoms with van der Waals surface area (Å²) in [6, 6.07) is 26.6. The summed E-state index contributed by atoms with van der Waals surface area (Å²) in [6.45, 7) is 5.11. The van der Waals surface area contributed by atoms with Crippen LogP contribution in [0.25, 0.3) is 17.1 Å². The monoisotopic (exact) mass is 781 g/mol. The van der Waals surface area contributed by atoms with E-state index in [4.69, 9.17) is 4.74 Å². The molecule has 5 aromatic rings. The second kappa shape index (κ2) is 18.3. The Morgan fingerprint density at radius 3 is 2.23 bits per heavy atom. The summed E-state index contributed by atoms with van der Waals surface area (Å²) in [7, 11) is 3.50. The molecule has 0 N–H and O–H groups in total. The number of carbonyl (C=O) groups is 3. The number of amides is 3. The van der Waals surface area contributed by atoms with Crippen molar-refractivity contribution in [2.24, 2.45) is 7.05 Å². The van der Waals surface area contributed by atoms with E-state index in [1.807, 2.05) is 84.7 Å². The van der Waals surface area contributed by atoms with Crippen molar-refractivity contribution in [3.05, 3.63) is 131 Å². The fourth-order valence-corrected chi connectivity index (χ4v) is 6.78. The fraction of sp³-hybridized carbons (Fsp3) is 0.326. The molecule has 1 fully saturated rings. The molecule has 298 valence electrons. The maximum Gasteiger partial charge on any atom is 0.416 e. The smallest absolute Gasteiger partial charge is 0.375 e. The van der Waals surface area contributed by atoms with E-state index in [9.17, 15) is 27.6 Å². The molecule has 0 spiro atoms. The number of aryl methyl sites for hydroxylation is 1. The number of benzene rings is 4. The van der Waals surface area contributed by atoms with Crippen LogP contribution in [-0.2, 0) is 51.9 Å². The summed E-state index contributed by atoms with van der Waals surface area (Å²) < 4.78 is 47.3. The van der Waals surface area contributed by atoms with Gasteiger partial charge in [-0.15, -0.1) is 5.10 Å². The van der Waals surface area contributed by atoms with Gasteiger partial charge in [-0.25, -0.2) is 4.68 Å². The molecule has 0 bridgehead atoms. The number of fused-ring (bicyclic) bond motifs is 1. The Kier molecular flexibility index (Phi) is 13.0. The highest BCUT2D eigenvalue weighted by atomic mass is 19.4. The lowest BCUT2D eigenvalue weighted by molar-refractivity contribution is -0.143. The molecule has 14 heteroatoms. The van der Waals surface area contributed by atoms with Gasteiger partial charge < -0.3 is 24.3 Å². The van der Waals surface area contributed by atoms with Crippen LogP contribution in [0.4, 0.5) is 18.9 Å². The van der Waals surface area contributed by atoms with Crippen LogP contribution in [0.1, 0.15) is 34.7 Å². The Hall–Kier alpha value is -6.02. The predicted octanol–water partition coefficient (Wildman–Crippen LogP) is 5.98. The van der Waals surface area contributed by atoms with Crippen LogP contribution in [0.2, 0.25) is 0 Å². The zero-order chi connectivity index (χ0) is 40.5. The fourth-order valence-electron chi connectivity index (χ4n) is 6.78. The van der Waals surface area contributed by atoms with Gasteiger partial charge in [0.2, 0.25) is 17.7 Å². The molecule has 1 aromatic heterocycles. The zero-order valence-corrected chi connectivity index (χ0v) is 32.2. The first-order chi connectivity index (χ1) is 27.4. The molecule has 57 heavy (non-hydrogen) atoms. The van der Waals surface area contributed by atoms with Gasteiger partial charge in [-0.2, -0.15) is 13.2 Å². The third-order valence-corrected chi connectivity index (χ3v) is 10.1. The Balaban J connectivity index is 1.22. The van der Waals surface area contributed by atoms with Gasteiger partial charge in [0.15, 0.2) is 0 Å². The number of ether oxygens (including phenoxy) is 1. The Morgan fingerprint density at radius 1 is 0.877 bits per heavy atom. The molecule has 4 aromatic carbocycles. The summed E-state index contributed by atoms with van der Waals surface area (Å²) >= 11 is 0. The number of nitrogens with zero attached hydrogens (tertiary/aromatic N) is 7. The molecular weight excluding hydrogens is 736 g/mol. The lowest BCUT2D eigenvalue weighted by Gasteiger charge is -2.36. The summed E-state index contributed by atoms with van der Waals surface area (Å²) in [4.78, 5) is 47.6. The van der Waals surface area contributed by atoms with E-state index in [-0.39, 0.29) is 37.9 Å². The number of alkyl halides is 3. The molecule has 0 radical (unpaired) electrons. The van der Waals surface area contributed by atoms with Crippen LogP contribution in [0.15, 0.2) is 103 Å². The molecule has 11 nitrogen and oxygen atoms in total. The third-order valence-electron chi connectivity index (χ3n) is 10.1. The van der Waals surface area contributed by atoms with Crippen LogP contribution < -0.4 is 4.90 Å². The molecule has 1 unspecified atom stereocenters. The van der Waals surface area contributed by atoms with Crippen molar-refractivity contribution >= 4 is 40.5 Å². The average Bonchev–Trinajstić information content (AvgIpc) is 3.59. The maximum atomic E-state index is 14.4. The number of carbonyl (C=O) groups excluding carboxylic acids is 3.